The van der Waals surface area contributed by atoms with Crippen LogP contribution in [0.25, 0.3) is 0 Å². The van der Waals surface area contributed by atoms with Gasteiger partial charge in [0.05, 0.1) is 0 Å². The van der Waals surface area contributed by atoms with E-state index in [2.05, 4.69) is 0 Å². The highest BCUT2D eigenvalue weighted by molar-refractivity contribution is 7.46. The minimum absolute atomic E-state index is 0.196. The number of rotatable bonds is 7. The van der Waals surface area contributed by atoms with Crippen molar-refractivity contribution in [1.29, 1.82) is 0 Å². The molecule has 0 unspecified atom stereocenters. The van der Waals surface area contributed by atoms with Gasteiger partial charge < -0.3 is 0 Å². The van der Waals surface area contributed by atoms with Gasteiger partial charge in [0, 0.05) is 0 Å². The summed E-state index contributed by atoms with van der Waals surface area (Å²) in [6.45, 7) is -2.52. The van der Waals surface area contributed by atoms with Crippen LogP contribution in [0.3, 0.4) is 0 Å². The zero-order valence-electron chi connectivity index (χ0n) is 10.3. The Hall–Kier alpha value is 0.377. The maximum Gasteiger partial charge on any atom is 0.400 e. The molecule has 0 bridgehead atoms. The first-order chi connectivity index (χ1) is 8.43. The molecule has 0 aromatic rings. The van der Waals surface area contributed by atoms with E-state index in [0.717, 1.165) is 19.3 Å². The van der Waals surface area contributed by atoms with Crippen LogP contribution in [0.4, 0.5) is 26.3 Å². The van der Waals surface area contributed by atoms with Crippen molar-refractivity contribution in [3.63, 3.8) is 0 Å². The summed E-state index contributed by atoms with van der Waals surface area (Å²) in [6.07, 6.45) is -7.57. The molecular weight excluding hydrogens is 333 g/mol. The average molecular weight is 349 g/mol. The lowest BCUT2D eigenvalue weighted by molar-refractivity contribution is -0.232. The highest BCUT2D eigenvalue weighted by atomic mass is 35.7. The molecule has 0 rings (SSSR count). The smallest absolute Gasteiger partial charge is 0.171 e. The average Bonchev–Trinajstić information content (AvgIpc) is 2.11. The van der Waals surface area contributed by atoms with Crippen LogP contribution in [0.2, 0.25) is 11.6 Å². The summed E-state index contributed by atoms with van der Waals surface area (Å²) in [5.41, 5.74) is -3.58. The first-order valence-corrected chi connectivity index (χ1v) is 10.2. The van der Waals surface area contributed by atoms with E-state index in [4.69, 9.17) is 22.2 Å². The van der Waals surface area contributed by atoms with Gasteiger partial charge in [-0.25, -0.2) is 0 Å². The Balaban J connectivity index is 4.64. The van der Waals surface area contributed by atoms with Crippen molar-refractivity contribution in [2.75, 3.05) is 0 Å². The minimum atomic E-state index is -5.45. The molecule has 19 heavy (non-hydrogen) atoms. The summed E-state index contributed by atoms with van der Waals surface area (Å²) >= 11 is 10.9. The Bertz CT molecular complexity index is 250. The molecule has 0 nitrogen and oxygen atoms in total. The number of hydrogen-bond donors (Lipinski definition) is 0. The molecule has 0 atom stereocenters. The fraction of sp³-hybridized carbons (Fsp3) is 1.00. The van der Waals surface area contributed by atoms with E-state index in [1.54, 1.807) is 0 Å². The van der Waals surface area contributed by atoms with Crippen molar-refractivity contribution in [3.05, 3.63) is 0 Å². The fourth-order valence-electron chi connectivity index (χ4n) is 1.77. The molecule has 0 N–H and O–H groups in total. The van der Waals surface area contributed by atoms with E-state index in [-0.39, 0.29) is 6.42 Å². The zero-order valence-corrected chi connectivity index (χ0v) is 12.9. The van der Waals surface area contributed by atoms with Gasteiger partial charge in [-0.1, -0.05) is 39.0 Å². The van der Waals surface area contributed by atoms with Crippen LogP contribution in [-0.4, -0.2) is 19.0 Å². The second-order valence-electron chi connectivity index (χ2n) is 4.44. The molecule has 0 saturated heterocycles. The van der Waals surface area contributed by atoms with E-state index < -0.39 is 30.6 Å². The number of halogens is 8. The molecule has 0 aliphatic heterocycles. The van der Waals surface area contributed by atoms with Crippen LogP contribution < -0.4 is 0 Å². The maximum absolute atomic E-state index is 12.5. The monoisotopic (exact) mass is 348 g/mol. The van der Waals surface area contributed by atoms with Crippen molar-refractivity contribution in [2.45, 2.75) is 63.0 Å². The Morgan fingerprint density at radius 3 is 1.63 bits per heavy atom. The van der Waals surface area contributed by atoms with Crippen LogP contribution in [0.1, 0.15) is 39.0 Å². The number of hydrogen-bond acceptors (Lipinski definition) is 0. The summed E-state index contributed by atoms with van der Waals surface area (Å²) in [5, 5.41) is 0. The molecule has 0 fully saturated rings. The van der Waals surface area contributed by atoms with Gasteiger partial charge in [-0.3, -0.25) is 0 Å². The predicted octanol–water partition coefficient (Wildman–Crippen LogP) is 6.37. The SMILES string of the molecule is CCCCCCC[Si](Cl)(Cl)C(C(F)(F)F)C(F)(F)F. The zero-order chi connectivity index (χ0) is 15.3. The second kappa shape index (κ2) is 7.40. The molecule has 0 heterocycles. The van der Waals surface area contributed by atoms with Crippen LogP contribution in [0.5, 0.6) is 0 Å². The largest absolute Gasteiger partial charge is 0.400 e. The quantitative estimate of drug-likeness (QED) is 0.217. The van der Waals surface area contributed by atoms with Gasteiger partial charge in [0.25, 0.3) is 6.69 Å². The van der Waals surface area contributed by atoms with Crippen molar-refractivity contribution >= 4 is 28.9 Å². The van der Waals surface area contributed by atoms with Crippen molar-refractivity contribution in [2.24, 2.45) is 0 Å². The molecule has 0 amide bonds. The van der Waals surface area contributed by atoms with Crippen LogP contribution in [-0.2, 0) is 0 Å². The van der Waals surface area contributed by atoms with Gasteiger partial charge in [-0.05, 0) is 6.04 Å². The predicted molar refractivity (Wildman–Crippen MR) is 66.9 cm³/mol. The second-order valence-corrected chi connectivity index (χ2v) is 11.7. The summed E-state index contributed by atoms with van der Waals surface area (Å²) in [5.74, 6) is 0. The Morgan fingerprint density at radius 1 is 0.842 bits per heavy atom. The molecule has 0 aromatic heterocycles. The summed E-state index contributed by atoms with van der Waals surface area (Å²) in [7, 11) is 0. The highest BCUT2D eigenvalue weighted by Crippen LogP contribution is 2.54. The molecule has 0 spiro atoms. The number of unbranched alkanes of at least 4 members (excludes halogenated alkanes) is 4. The lowest BCUT2D eigenvalue weighted by atomic mass is 10.2. The summed E-state index contributed by atoms with van der Waals surface area (Å²) in [6, 6.07) is -0.399. The first-order valence-electron chi connectivity index (χ1n) is 5.94. The third-order valence-corrected chi connectivity index (χ3v) is 7.65. The summed E-state index contributed by atoms with van der Waals surface area (Å²) < 4.78 is 74.9. The van der Waals surface area contributed by atoms with Crippen LogP contribution in [0.15, 0.2) is 0 Å². The van der Waals surface area contributed by atoms with Crippen molar-refractivity contribution in [1.82, 2.24) is 0 Å². The normalized spacial score (nSPS) is 14.2. The molecule has 9 heteroatoms. The van der Waals surface area contributed by atoms with Crippen LogP contribution >= 0.6 is 22.2 Å². The van der Waals surface area contributed by atoms with Crippen molar-refractivity contribution < 1.29 is 26.3 Å². The van der Waals surface area contributed by atoms with Gasteiger partial charge in [-0.2, -0.15) is 26.3 Å². The minimum Gasteiger partial charge on any atom is -0.171 e. The molecule has 0 aliphatic rings. The van der Waals surface area contributed by atoms with Gasteiger partial charge in [0.2, 0.25) is 0 Å². The molecule has 0 aromatic carbocycles. The van der Waals surface area contributed by atoms with Crippen LogP contribution in [0, 0.1) is 0 Å². The lowest BCUT2D eigenvalue weighted by Gasteiger charge is -2.31. The van der Waals surface area contributed by atoms with E-state index in [1.165, 1.54) is 0 Å². The van der Waals surface area contributed by atoms with Gasteiger partial charge in [0.15, 0.2) is 5.54 Å². The van der Waals surface area contributed by atoms with E-state index >= 15 is 0 Å². The van der Waals surface area contributed by atoms with E-state index in [9.17, 15) is 26.3 Å². The van der Waals surface area contributed by atoms with Crippen molar-refractivity contribution in [3.8, 4) is 0 Å². The Kier molecular flexibility index (Phi) is 7.55. The first kappa shape index (κ1) is 19.4. The standard InChI is InChI=1S/C10H16Cl2F6Si/c1-2-3-4-5-6-7-19(11,12)8(9(13,14)15)10(16,17)18/h8H,2-7H2,1H3. The molecule has 0 saturated carbocycles. The third kappa shape index (κ3) is 7.08. The van der Waals surface area contributed by atoms with Gasteiger partial charge in [-0.15, -0.1) is 22.2 Å². The lowest BCUT2D eigenvalue weighted by Crippen LogP contribution is -2.45. The van der Waals surface area contributed by atoms with Gasteiger partial charge >= 0.3 is 12.4 Å². The van der Waals surface area contributed by atoms with E-state index in [0.29, 0.717) is 6.42 Å². The summed E-state index contributed by atoms with van der Waals surface area (Å²) in [4.78, 5) is 0. The third-order valence-electron chi connectivity index (χ3n) is 2.69. The molecular formula is C10H16Cl2F6Si. The number of alkyl halides is 6. The van der Waals surface area contributed by atoms with Gasteiger partial charge in [0.1, 0.15) is 0 Å². The molecule has 0 aliphatic carbocycles. The topological polar surface area (TPSA) is 0 Å². The Labute approximate surface area is 118 Å². The molecule has 116 valence electrons. The van der Waals surface area contributed by atoms with E-state index in [1.807, 2.05) is 6.92 Å². The Morgan fingerprint density at radius 2 is 1.26 bits per heavy atom. The molecule has 0 radical (unpaired) electrons. The fourth-order valence-corrected chi connectivity index (χ4v) is 6.03. The highest BCUT2D eigenvalue weighted by Gasteiger charge is 2.67. The maximum atomic E-state index is 12.5.